The Morgan fingerprint density at radius 3 is 1.65 bits per heavy atom. The highest BCUT2D eigenvalue weighted by Crippen LogP contribution is 2.50. The summed E-state index contributed by atoms with van der Waals surface area (Å²) in [5.74, 6) is 1.06. The van der Waals surface area contributed by atoms with E-state index in [0.717, 1.165) is 0 Å². The van der Waals surface area contributed by atoms with Gasteiger partial charge in [-0.1, -0.05) is 70.1 Å². The fourth-order valence-corrected chi connectivity index (χ4v) is 2.69. The molecular formula is C13H7Cl5O2. The van der Waals surface area contributed by atoms with Crippen molar-refractivity contribution in [2.45, 2.75) is 0 Å². The first-order valence-electron chi connectivity index (χ1n) is 5.29. The molecule has 2 nitrogen and oxygen atoms in total. The van der Waals surface area contributed by atoms with Crippen LogP contribution in [0.5, 0.6) is 17.2 Å². The van der Waals surface area contributed by atoms with Gasteiger partial charge in [-0.3, -0.25) is 0 Å². The van der Waals surface area contributed by atoms with Gasteiger partial charge in [0.1, 0.15) is 10.0 Å². The van der Waals surface area contributed by atoms with Crippen LogP contribution in [0.2, 0.25) is 25.1 Å². The standard InChI is InChI=1S/C13H7Cl5O2/c1-19-6-4-2-3-5-7(6)20-13-11(17)9(15)8(14)10(16)12(13)18/h2-5H,1H3. The molecule has 0 aromatic heterocycles. The average Bonchev–Trinajstić information content (AvgIpc) is 2.48. The molecule has 0 bridgehead atoms. The molecule has 0 saturated carbocycles. The molecule has 0 heterocycles. The fourth-order valence-electron chi connectivity index (χ4n) is 1.49. The highest BCUT2D eigenvalue weighted by atomic mass is 35.5. The molecule has 0 spiro atoms. The highest BCUT2D eigenvalue weighted by Gasteiger charge is 2.21. The zero-order chi connectivity index (χ0) is 14.9. The number of methoxy groups -OCH3 is 1. The lowest BCUT2D eigenvalue weighted by Crippen LogP contribution is -1.92. The minimum Gasteiger partial charge on any atom is -0.493 e. The first-order valence-corrected chi connectivity index (χ1v) is 7.18. The van der Waals surface area contributed by atoms with Crippen LogP contribution in [-0.2, 0) is 0 Å². The molecule has 0 aliphatic rings. The van der Waals surface area contributed by atoms with Crippen LogP contribution >= 0.6 is 58.0 Å². The number of halogens is 5. The van der Waals surface area contributed by atoms with E-state index in [0.29, 0.717) is 11.5 Å². The Kier molecular flexibility index (Phi) is 5.16. The predicted octanol–water partition coefficient (Wildman–Crippen LogP) is 6.75. The summed E-state index contributed by atoms with van der Waals surface area (Å²) in [4.78, 5) is 0. The Morgan fingerprint density at radius 2 is 1.15 bits per heavy atom. The number of hydrogen-bond donors (Lipinski definition) is 0. The second-order valence-electron chi connectivity index (χ2n) is 3.65. The zero-order valence-corrected chi connectivity index (χ0v) is 13.8. The van der Waals surface area contributed by atoms with Crippen molar-refractivity contribution in [1.82, 2.24) is 0 Å². The normalized spacial score (nSPS) is 10.5. The van der Waals surface area contributed by atoms with E-state index >= 15 is 0 Å². The first-order chi connectivity index (χ1) is 9.47. The van der Waals surface area contributed by atoms with Gasteiger partial charge >= 0.3 is 0 Å². The molecule has 0 unspecified atom stereocenters. The van der Waals surface area contributed by atoms with Gasteiger partial charge in [0.2, 0.25) is 0 Å². The van der Waals surface area contributed by atoms with Gasteiger partial charge < -0.3 is 9.47 Å². The van der Waals surface area contributed by atoms with Crippen molar-refractivity contribution in [1.29, 1.82) is 0 Å². The molecule has 106 valence electrons. The van der Waals surface area contributed by atoms with Crippen LogP contribution in [0.4, 0.5) is 0 Å². The van der Waals surface area contributed by atoms with E-state index in [2.05, 4.69) is 0 Å². The second-order valence-corrected chi connectivity index (χ2v) is 5.54. The molecule has 0 fully saturated rings. The van der Waals surface area contributed by atoms with E-state index in [-0.39, 0.29) is 30.9 Å². The fraction of sp³-hybridized carbons (Fsp3) is 0.0769. The van der Waals surface area contributed by atoms with Gasteiger partial charge in [0.25, 0.3) is 0 Å². The summed E-state index contributed by atoms with van der Waals surface area (Å²) in [5, 5.41) is 0.393. The maximum absolute atomic E-state index is 6.10. The molecule has 0 aliphatic heterocycles. The maximum atomic E-state index is 6.10. The number of hydrogen-bond acceptors (Lipinski definition) is 2. The van der Waals surface area contributed by atoms with Gasteiger partial charge in [0, 0.05) is 0 Å². The van der Waals surface area contributed by atoms with Gasteiger partial charge in [-0.15, -0.1) is 0 Å². The van der Waals surface area contributed by atoms with Gasteiger partial charge in [-0.05, 0) is 12.1 Å². The van der Waals surface area contributed by atoms with E-state index in [9.17, 15) is 0 Å². The lowest BCUT2D eigenvalue weighted by molar-refractivity contribution is 0.379. The van der Waals surface area contributed by atoms with Crippen LogP contribution in [0.15, 0.2) is 24.3 Å². The van der Waals surface area contributed by atoms with Crippen molar-refractivity contribution in [2.75, 3.05) is 7.11 Å². The zero-order valence-electron chi connectivity index (χ0n) is 10.0. The van der Waals surface area contributed by atoms with Crippen molar-refractivity contribution in [3.63, 3.8) is 0 Å². The first kappa shape index (κ1) is 15.9. The van der Waals surface area contributed by atoms with Crippen LogP contribution in [0.25, 0.3) is 0 Å². The smallest absolute Gasteiger partial charge is 0.169 e. The van der Waals surface area contributed by atoms with E-state index in [1.165, 1.54) is 7.11 Å². The third kappa shape index (κ3) is 2.90. The Morgan fingerprint density at radius 1 is 0.700 bits per heavy atom. The molecular weight excluding hydrogens is 365 g/mol. The molecule has 0 radical (unpaired) electrons. The summed E-state index contributed by atoms with van der Waals surface area (Å²) in [6, 6.07) is 7.01. The number of rotatable bonds is 3. The van der Waals surface area contributed by atoms with E-state index in [4.69, 9.17) is 67.5 Å². The van der Waals surface area contributed by atoms with Crippen molar-refractivity contribution in [2.24, 2.45) is 0 Å². The minimum absolute atomic E-state index is 0.0765. The van der Waals surface area contributed by atoms with Gasteiger partial charge in [-0.2, -0.15) is 0 Å². The lowest BCUT2D eigenvalue weighted by atomic mass is 10.3. The average molecular weight is 372 g/mol. The van der Waals surface area contributed by atoms with Crippen LogP contribution in [-0.4, -0.2) is 7.11 Å². The van der Waals surface area contributed by atoms with E-state index in [1.807, 2.05) is 0 Å². The Bertz CT molecular complexity index is 628. The van der Waals surface area contributed by atoms with Gasteiger partial charge in [0.05, 0.1) is 22.2 Å². The SMILES string of the molecule is COc1ccccc1Oc1c(Cl)c(Cl)c(Cl)c(Cl)c1Cl. The topological polar surface area (TPSA) is 18.5 Å². The van der Waals surface area contributed by atoms with Crippen molar-refractivity contribution < 1.29 is 9.47 Å². The van der Waals surface area contributed by atoms with Crippen LogP contribution < -0.4 is 9.47 Å². The minimum atomic E-state index is 0.0765. The van der Waals surface area contributed by atoms with Gasteiger partial charge in [0.15, 0.2) is 17.2 Å². The van der Waals surface area contributed by atoms with Gasteiger partial charge in [-0.25, -0.2) is 0 Å². The molecule has 0 amide bonds. The summed E-state index contributed by atoms with van der Waals surface area (Å²) >= 11 is 30.1. The monoisotopic (exact) mass is 370 g/mol. The molecule has 2 aromatic carbocycles. The second kappa shape index (κ2) is 6.50. The number of para-hydroxylation sites is 2. The summed E-state index contributed by atoms with van der Waals surface area (Å²) in [7, 11) is 1.52. The summed E-state index contributed by atoms with van der Waals surface area (Å²) < 4.78 is 10.8. The van der Waals surface area contributed by atoms with Crippen LogP contribution in [0, 0.1) is 0 Å². The highest BCUT2D eigenvalue weighted by molar-refractivity contribution is 6.55. The van der Waals surface area contributed by atoms with Crippen molar-refractivity contribution >= 4 is 58.0 Å². The van der Waals surface area contributed by atoms with E-state index < -0.39 is 0 Å². The molecule has 0 N–H and O–H groups in total. The van der Waals surface area contributed by atoms with E-state index in [1.54, 1.807) is 24.3 Å². The summed E-state index contributed by atoms with van der Waals surface area (Å²) in [6.07, 6.45) is 0. The number of ether oxygens (including phenoxy) is 2. The van der Waals surface area contributed by atoms with Crippen molar-refractivity contribution in [3.8, 4) is 17.2 Å². The molecule has 2 aromatic rings. The van der Waals surface area contributed by atoms with Crippen LogP contribution in [0.3, 0.4) is 0 Å². The molecule has 0 saturated heterocycles. The summed E-state index contributed by atoms with van der Waals surface area (Å²) in [5.41, 5.74) is 0. The summed E-state index contributed by atoms with van der Waals surface area (Å²) in [6.45, 7) is 0. The Hall–Kier alpha value is -0.510. The van der Waals surface area contributed by atoms with Crippen LogP contribution in [0.1, 0.15) is 0 Å². The molecule has 0 aliphatic carbocycles. The maximum Gasteiger partial charge on any atom is 0.169 e. The predicted molar refractivity (Wildman–Crippen MR) is 84.6 cm³/mol. The molecule has 2 rings (SSSR count). The molecule has 20 heavy (non-hydrogen) atoms. The quantitative estimate of drug-likeness (QED) is 0.438. The molecule has 7 heteroatoms. The van der Waals surface area contributed by atoms with Crippen molar-refractivity contribution in [3.05, 3.63) is 49.4 Å². The lowest BCUT2D eigenvalue weighted by Gasteiger charge is -2.15. The third-order valence-electron chi connectivity index (χ3n) is 2.45. The Balaban J connectivity index is 2.54. The largest absolute Gasteiger partial charge is 0.493 e. The third-order valence-corrected chi connectivity index (χ3v) is 4.69. The Labute approximate surface area is 141 Å². The molecule has 0 atom stereocenters. The number of benzene rings is 2.